The number of aliphatic hydroxyl groups excluding tert-OH is 1. The Kier molecular flexibility index (Phi) is 7.12. The van der Waals surface area contributed by atoms with E-state index in [0.29, 0.717) is 34.7 Å². The van der Waals surface area contributed by atoms with Gasteiger partial charge >= 0.3 is 5.91 Å². The van der Waals surface area contributed by atoms with E-state index in [1.807, 2.05) is 6.92 Å². The molecular weight excluding hydrogens is 520 g/mol. The lowest BCUT2D eigenvalue weighted by atomic mass is 9.95. The second-order valence-corrected chi connectivity index (χ2v) is 9.82. The van der Waals surface area contributed by atoms with Gasteiger partial charge in [0.05, 0.1) is 42.7 Å². The molecule has 0 spiro atoms. The number of rotatable bonds is 8. The number of anilines is 1. The molecule has 4 aromatic rings. The molecule has 1 aliphatic rings. The van der Waals surface area contributed by atoms with Crippen LogP contribution in [0.1, 0.15) is 30.5 Å². The number of hydrogen-bond acceptors (Lipinski definition) is 9. The zero-order valence-electron chi connectivity index (χ0n) is 21.5. The molecule has 1 fully saturated rings. The van der Waals surface area contributed by atoms with Crippen LogP contribution in [0.15, 0.2) is 66.2 Å². The van der Waals surface area contributed by atoms with Crippen LogP contribution in [-0.2, 0) is 9.59 Å². The van der Waals surface area contributed by atoms with E-state index in [1.165, 1.54) is 35.5 Å². The van der Waals surface area contributed by atoms with E-state index in [9.17, 15) is 19.8 Å². The second kappa shape index (κ2) is 10.7. The molecule has 1 unspecified atom stereocenters. The Morgan fingerprint density at radius 1 is 1.03 bits per heavy atom. The van der Waals surface area contributed by atoms with Crippen molar-refractivity contribution in [2.45, 2.75) is 19.4 Å². The number of nitrogens with zero attached hydrogens (tertiary/aromatic N) is 2. The van der Waals surface area contributed by atoms with Crippen molar-refractivity contribution in [3.05, 3.63) is 77.4 Å². The normalized spacial score (nSPS) is 16.6. The number of benzene rings is 3. The van der Waals surface area contributed by atoms with Crippen molar-refractivity contribution in [3.8, 4) is 23.0 Å². The van der Waals surface area contributed by atoms with Gasteiger partial charge in [-0.3, -0.25) is 14.5 Å². The molecule has 10 heteroatoms. The Labute approximate surface area is 228 Å². The summed E-state index contributed by atoms with van der Waals surface area (Å²) in [4.78, 5) is 32.9. The van der Waals surface area contributed by atoms with E-state index >= 15 is 0 Å². The molecule has 200 valence electrons. The molecule has 3 aromatic carbocycles. The Morgan fingerprint density at radius 3 is 2.59 bits per heavy atom. The SMILES string of the molecule is CCCOc1cccc(/C(O)=C2\C(=O)C(=O)N(c3nc4ccc(OC)cc4s3)C2c2ccc(O)c(OC)c2)c1. The van der Waals surface area contributed by atoms with Crippen molar-refractivity contribution in [1.29, 1.82) is 0 Å². The summed E-state index contributed by atoms with van der Waals surface area (Å²) in [5, 5.41) is 21.9. The summed E-state index contributed by atoms with van der Waals surface area (Å²) < 4.78 is 17.1. The average Bonchev–Trinajstić information content (AvgIpc) is 3.49. The molecule has 5 rings (SSSR count). The number of methoxy groups -OCH3 is 2. The number of thiazole rings is 1. The van der Waals surface area contributed by atoms with Crippen LogP contribution in [0.3, 0.4) is 0 Å². The minimum absolute atomic E-state index is 0.106. The molecule has 0 bridgehead atoms. The number of Topliss-reactive ketones (excluding diaryl/α,β-unsaturated/α-hetero) is 1. The van der Waals surface area contributed by atoms with Gasteiger partial charge in [0.2, 0.25) is 0 Å². The van der Waals surface area contributed by atoms with Gasteiger partial charge in [0.25, 0.3) is 5.78 Å². The summed E-state index contributed by atoms with van der Waals surface area (Å²) in [5.41, 5.74) is 1.28. The third-order valence-corrected chi connectivity index (χ3v) is 7.35. The highest BCUT2D eigenvalue weighted by Gasteiger charge is 2.48. The van der Waals surface area contributed by atoms with Gasteiger partial charge in [-0.15, -0.1) is 0 Å². The van der Waals surface area contributed by atoms with Crippen molar-refractivity contribution in [1.82, 2.24) is 4.98 Å². The third-order valence-electron chi connectivity index (χ3n) is 6.33. The first-order chi connectivity index (χ1) is 18.9. The minimum Gasteiger partial charge on any atom is -0.507 e. The van der Waals surface area contributed by atoms with E-state index in [-0.39, 0.29) is 28.0 Å². The molecule has 0 radical (unpaired) electrons. The number of phenols is 1. The first-order valence-electron chi connectivity index (χ1n) is 12.2. The smallest absolute Gasteiger partial charge is 0.301 e. The van der Waals surface area contributed by atoms with Crippen LogP contribution in [0.4, 0.5) is 5.13 Å². The maximum Gasteiger partial charge on any atom is 0.301 e. The lowest BCUT2D eigenvalue weighted by Crippen LogP contribution is -2.29. The van der Waals surface area contributed by atoms with Crippen molar-refractivity contribution in [2.75, 3.05) is 25.7 Å². The summed E-state index contributed by atoms with van der Waals surface area (Å²) in [6.07, 6.45) is 0.804. The fraction of sp³-hybridized carbons (Fsp3) is 0.207. The first kappa shape index (κ1) is 26.1. The maximum absolute atomic E-state index is 13.5. The van der Waals surface area contributed by atoms with Crippen LogP contribution in [0.5, 0.6) is 23.0 Å². The number of phenolic OH excluding ortho intramolecular Hbond substituents is 1. The molecule has 1 aliphatic heterocycles. The Morgan fingerprint density at radius 2 is 1.85 bits per heavy atom. The van der Waals surface area contributed by atoms with E-state index in [4.69, 9.17) is 14.2 Å². The van der Waals surface area contributed by atoms with Crippen LogP contribution < -0.4 is 19.1 Å². The molecule has 1 saturated heterocycles. The molecule has 2 N–H and O–H groups in total. The fourth-order valence-electron chi connectivity index (χ4n) is 4.44. The van der Waals surface area contributed by atoms with E-state index < -0.39 is 17.7 Å². The van der Waals surface area contributed by atoms with E-state index in [2.05, 4.69) is 4.98 Å². The van der Waals surface area contributed by atoms with Crippen LogP contribution in [0.2, 0.25) is 0 Å². The predicted molar refractivity (Wildman–Crippen MR) is 148 cm³/mol. The number of amides is 1. The zero-order chi connectivity index (χ0) is 27.7. The van der Waals surface area contributed by atoms with Crippen molar-refractivity contribution in [3.63, 3.8) is 0 Å². The molecule has 1 aromatic heterocycles. The number of aromatic nitrogens is 1. The van der Waals surface area contributed by atoms with Gasteiger partial charge in [-0.2, -0.15) is 0 Å². The van der Waals surface area contributed by atoms with Gasteiger partial charge in [0, 0.05) is 5.56 Å². The predicted octanol–water partition coefficient (Wildman–Crippen LogP) is 5.43. The van der Waals surface area contributed by atoms with Gasteiger partial charge in [-0.1, -0.05) is 36.5 Å². The number of ether oxygens (including phenoxy) is 3. The monoisotopic (exact) mass is 546 g/mol. The Balaban J connectivity index is 1.70. The van der Waals surface area contributed by atoms with Crippen LogP contribution in [-0.4, -0.2) is 47.7 Å². The molecular formula is C29H26N2O7S. The van der Waals surface area contributed by atoms with Gasteiger partial charge in [-0.05, 0) is 54.4 Å². The maximum atomic E-state index is 13.5. The van der Waals surface area contributed by atoms with Gasteiger partial charge in [0.1, 0.15) is 17.3 Å². The highest BCUT2D eigenvalue weighted by atomic mass is 32.1. The number of carbonyl (C=O) groups excluding carboxylic acids is 2. The second-order valence-electron chi connectivity index (χ2n) is 8.81. The molecule has 1 amide bonds. The largest absolute Gasteiger partial charge is 0.507 e. The number of fused-ring (bicyclic) bond motifs is 1. The van der Waals surface area contributed by atoms with Gasteiger partial charge in [0.15, 0.2) is 16.6 Å². The number of ketones is 1. The molecule has 9 nitrogen and oxygen atoms in total. The summed E-state index contributed by atoms with van der Waals surface area (Å²) in [7, 11) is 2.96. The lowest BCUT2D eigenvalue weighted by Gasteiger charge is -2.23. The highest BCUT2D eigenvalue weighted by molar-refractivity contribution is 7.22. The Hall–Kier alpha value is -4.57. The zero-order valence-corrected chi connectivity index (χ0v) is 22.3. The summed E-state index contributed by atoms with van der Waals surface area (Å²) in [6.45, 7) is 2.47. The summed E-state index contributed by atoms with van der Waals surface area (Å²) >= 11 is 1.22. The topological polar surface area (TPSA) is 118 Å². The van der Waals surface area contributed by atoms with Crippen molar-refractivity contribution >= 4 is 44.1 Å². The third kappa shape index (κ3) is 4.74. The molecule has 2 heterocycles. The molecule has 1 atom stereocenters. The van der Waals surface area contributed by atoms with Crippen LogP contribution >= 0.6 is 11.3 Å². The standard InChI is InChI=1S/C29H26N2O7S/c1-4-12-38-19-7-5-6-17(13-19)26(33)24-25(16-8-11-21(32)22(14-16)37-3)31(28(35)27(24)34)29-30-20-10-9-18(36-2)15-23(20)39-29/h5-11,13-15,25,32-33H,4,12H2,1-3H3/b26-24+. The number of aliphatic hydroxyl groups is 1. The quantitative estimate of drug-likeness (QED) is 0.171. The average molecular weight is 547 g/mol. The fourth-order valence-corrected chi connectivity index (χ4v) is 5.46. The van der Waals surface area contributed by atoms with Gasteiger partial charge in [-0.25, -0.2) is 4.98 Å². The van der Waals surface area contributed by atoms with Crippen molar-refractivity contribution < 1.29 is 34.0 Å². The van der Waals surface area contributed by atoms with Crippen molar-refractivity contribution in [2.24, 2.45) is 0 Å². The molecule has 39 heavy (non-hydrogen) atoms. The van der Waals surface area contributed by atoms with E-state index in [0.717, 1.165) is 11.1 Å². The first-order valence-corrected chi connectivity index (χ1v) is 13.0. The van der Waals surface area contributed by atoms with E-state index in [1.54, 1.807) is 55.6 Å². The van der Waals surface area contributed by atoms with Crippen LogP contribution in [0.25, 0.3) is 16.0 Å². The summed E-state index contributed by atoms with van der Waals surface area (Å²) in [6, 6.07) is 15.5. The van der Waals surface area contributed by atoms with Crippen LogP contribution in [0, 0.1) is 0 Å². The lowest BCUT2D eigenvalue weighted by molar-refractivity contribution is -0.132. The minimum atomic E-state index is -1.04. The molecule has 0 aliphatic carbocycles. The number of carbonyl (C=O) groups is 2. The number of aromatic hydroxyl groups is 1. The van der Waals surface area contributed by atoms with Gasteiger partial charge < -0.3 is 24.4 Å². The Bertz CT molecular complexity index is 1610. The highest BCUT2D eigenvalue weighted by Crippen LogP contribution is 2.46. The molecule has 0 saturated carbocycles. The summed E-state index contributed by atoms with van der Waals surface area (Å²) in [5.74, 6) is -0.840. The number of hydrogen-bond donors (Lipinski definition) is 2.